The predicted molar refractivity (Wildman–Crippen MR) is 104 cm³/mol. The van der Waals surface area contributed by atoms with Crippen LogP contribution in [-0.4, -0.2) is 41.1 Å². The SMILES string of the molecule is Cc1c(-n2nnnc2SCC(=O)C(C)(C)C)c(=O)n(-c2ccccc2)n1C. The first-order valence-corrected chi connectivity index (χ1v) is 9.49. The minimum atomic E-state index is -0.437. The first-order chi connectivity index (χ1) is 12.7. The Balaban J connectivity index is 2.01. The Morgan fingerprint density at radius 1 is 1.19 bits per heavy atom. The zero-order valence-corrected chi connectivity index (χ0v) is 16.8. The highest BCUT2D eigenvalue weighted by molar-refractivity contribution is 7.99. The Morgan fingerprint density at radius 3 is 2.48 bits per heavy atom. The van der Waals surface area contributed by atoms with Gasteiger partial charge >= 0.3 is 0 Å². The van der Waals surface area contributed by atoms with Crippen molar-refractivity contribution in [2.45, 2.75) is 32.9 Å². The van der Waals surface area contributed by atoms with E-state index in [2.05, 4.69) is 15.5 Å². The largest absolute Gasteiger partial charge is 0.298 e. The normalized spacial score (nSPS) is 11.7. The van der Waals surface area contributed by atoms with Crippen LogP contribution in [0.5, 0.6) is 0 Å². The van der Waals surface area contributed by atoms with Crippen molar-refractivity contribution in [3.05, 3.63) is 46.4 Å². The molecule has 2 heterocycles. The van der Waals surface area contributed by atoms with Crippen molar-refractivity contribution in [3.8, 4) is 11.4 Å². The van der Waals surface area contributed by atoms with Gasteiger partial charge in [-0.1, -0.05) is 50.7 Å². The van der Waals surface area contributed by atoms with Gasteiger partial charge in [0.2, 0.25) is 5.16 Å². The molecule has 3 aromatic rings. The smallest absolute Gasteiger partial charge is 0.297 e. The molecule has 0 bridgehead atoms. The van der Waals surface area contributed by atoms with E-state index in [4.69, 9.17) is 0 Å². The monoisotopic (exact) mass is 386 g/mol. The molecule has 0 saturated carbocycles. The Bertz CT molecular complexity index is 1030. The highest BCUT2D eigenvalue weighted by Crippen LogP contribution is 2.23. The Hall–Kier alpha value is -2.68. The lowest BCUT2D eigenvalue weighted by molar-refractivity contribution is -0.123. The molecule has 0 radical (unpaired) electrons. The van der Waals surface area contributed by atoms with Gasteiger partial charge in [-0.05, 0) is 29.5 Å². The van der Waals surface area contributed by atoms with Crippen LogP contribution in [-0.2, 0) is 11.8 Å². The number of para-hydroxylation sites is 1. The van der Waals surface area contributed by atoms with Crippen molar-refractivity contribution in [1.29, 1.82) is 0 Å². The standard InChI is InChI=1S/C18H22N6O2S/c1-12-15(16(26)24(22(12)5)13-9-7-6-8-10-13)23-17(19-20-21-23)27-11-14(25)18(2,3)4/h6-10H,11H2,1-5H3. The molecule has 0 unspecified atom stereocenters. The van der Waals surface area contributed by atoms with Gasteiger partial charge < -0.3 is 0 Å². The van der Waals surface area contributed by atoms with Crippen LogP contribution in [0.2, 0.25) is 0 Å². The molecule has 0 saturated heterocycles. The van der Waals surface area contributed by atoms with Crippen LogP contribution >= 0.6 is 11.8 Å². The summed E-state index contributed by atoms with van der Waals surface area (Å²) in [5.41, 5.74) is 1.19. The maximum absolute atomic E-state index is 13.1. The maximum atomic E-state index is 13.1. The number of benzene rings is 1. The zero-order valence-electron chi connectivity index (χ0n) is 16.0. The molecule has 0 aliphatic carbocycles. The molecule has 0 fully saturated rings. The first-order valence-electron chi connectivity index (χ1n) is 8.50. The van der Waals surface area contributed by atoms with Crippen molar-refractivity contribution >= 4 is 17.5 Å². The second-order valence-electron chi connectivity index (χ2n) is 7.25. The molecule has 27 heavy (non-hydrogen) atoms. The third-order valence-corrected chi connectivity index (χ3v) is 5.26. The van der Waals surface area contributed by atoms with Crippen molar-refractivity contribution < 1.29 is 4.79 Å². The van der Waals surface area contributed by atoms with Crippen LogP contribution in [0, 0.1) is 12.3 Å². The molecule has 9 heteroatoms. The summed E-state index contributed by atoms with van der Waals surface area (Å²) >= 11 is 1.23. The van der Waals surface area contributed by atoms with Crippen LogP contribution < -0.4 is 5.56 Å². The fraction of sp³-hybridized carbons (Fsp3) is 0.389. The second-order valence-corrected chi connectivity index (χ2v) is 8.19. The molecular weight excluding hydrogens is 364 g/mol. The predicted octanol–water partition coefficient (Wildman–Crippen LogP) is 2.17. The fourth-order valence-corrected chi connectivity index (χ4v) is 3.59. The number of ketones is 1. The summed E-state index contributed by atoms with van der Waals surface area (Å²) < 4.78 is 4.75. The molecule has 0 aliphatic rings. The van der Waals surface area contributed by atoms with Gasteiger partial charge in [0.1, 0.15) is 5.78 Å². The Kier molecular flexibility index (Phi) is 5.05. The molecule has 0 atom stereocenters. The highest BCUT2D eigenvalue weighted by atomic mass is 32.2. The molecule has 3 rings (SSSR count). The minimum Gasteiger partial charge on any atom is -0.298 e. The number of nitrogens with zero attached hydrogens (tertiary/aromatic N) is 6. The van der Waals surface area contributed by atoms with Gasteiger partial charge in [0, 0.05) is 12.5 Å². The number of aromatic nitrogens is 6. The number of carbonyl (C=O) groups excluding carboxylic acids is 1. The van der Waals surface area contributed by atoms with Crippen LogP contribution in [0.25, 0.3) is 11.4 Å². The van der Waals surface area contributed by atoms with Crippen molar-refractivity contribution in [3.63, 3.8) is 0 Å². The first kappa shape index (κ1) is 19.1. The summed E-state index contributed by atoms with van der Waals surface area (Å²) in [4.78, 5) is 25.3. The van der Waals surface area contributed by atoms with E-state index in [9.17, 15) is 9.59 Å². The molecule has 2 aromatic heterocycles. The highest BCUT2D eigenvalue weighted by Gasteiger charge is 2.25. The lowest BCUT2D eigenvalue weighted by atomic mass is 9.92. The topological polar surface area (TPSA) is 87.6 Å². The van der Waals surface area contributed by atoms with Crippen LogP contribution in [0.4, 0.5) is 0 Å². The maximum Gasteiger partial charge on any atom is 0.297 e. The fourth-order valence-electron chi connectivity index (χ4n) is 2.55. The molecule has 1 aromatic carbocycles. The molecule has 142 valence electrons. The molecule has 8 nitrogen and oxygen atoms in total. The summed E-state index contributed by atoms with van der Waals surface area (Å²) in [5, 5.41) is 12.1. The van der Waals surface area contributed by atoms with Crippen LogP contribution in [0.1, 0.15) is 26.5 Å². The van der Waals surface area contributed by atoms with E-state index in [-0.39, 0.29) is 17.1 Å². The number of rotatable bonds is 5. The van der Waals surface area contributed by atoms with Crippen LogP contribution in [0.3, 0.4) is 0 Å². The van der Waals surface area contributed by atoms with Gasteiger partial charge in [0.25, 0.3) is 5.56 Å². The van der Waals surface area contributed by atoms with Gasteiger partial charge in [-0.2, -0.15) is 4.68 Å². The van der Waals surface area contributed by atoms with Gasteiger partial charge in [-0.3, -0.25) is 14.3 Å². The lowest BCUT2D eigenvalue weighted by Gasteiger charge is -2.15. The molecule has 0 spiro atoms. The van der Waals surface area contributed by atoms with E-state index >= 15 is 0 Å². The number of hydrogen-bond acceptors (Lipinski definition) is 6. The number of Topliss-reactive ketones (excluding diaryl/α,β-unsaturated/α-hetero) is 1. The minimum absolute atomic E-state index is 0.0912. The number of tetrazole rings is 1. The summed E-state index contributed by atoms with van der Waals surface area (Å²) in [6, 6.07) is 9.37. The van der Waals surface area contributed by atoms with Gasteiger partial charge in [-0.15, -0.1) is 5.10 Å². The lowest BCUT2D eigenvalue weighted by Crippen LogP contribution is -2.23. The molecule has 0 aliphatic heterocycles. The van der Waals surface area contributed by atoms with Gasteiger partial charge in [0.05, 0.1) is 17.1 Å². The van der Waals surface area contributed by atoms with Gasteiger partial charge in [-0.25, -0.2) is 4.68 Å². The average molecular weight is 386 g/mol. The van der Waals surface area contributed by atoms with Crippen molar-refractivity contribution in [1.82, 2.24) is 29.6 Å². The zero-order chi connectivity index (χ0) is 19.8. The van der Waals surface area contributed by atoms with E-state index in [0.717, 1.165) is 11.4 Å². The Labute approximate surface area is 161 Å². The van der Waals surface area contributed by atoms with E-state index in [1.165, 1.54) is 16.4 Å². The third-order valence-electron chi connectivity index (χ3n) is 4.35. The summed E-state index contributed by atoms with van der Waals surface area (Å²) in [7, 11) is 1.81. The average Bonchev–Trinajstić information content (AvgIpc) is 3.15. The molecule has 0 N–H and O–H groups in total. The number of thioether (sulfide) groups is 1. The number of hydrogen-bond donors (Lipinski definition) is 0. The number of carbonyl (C=O) groups is 1. The van der Waals surface area contributed by atoms with E-state index in [0.29, 0.717) is 10.8 Å². The van der Waals surface area contributed by atoms with E-state index in [1.807, 2.05) is 65.1 Å². The second kappa shape index (κ2) is 7.15. The van der Waals surface area contributed by atoms with E-state index in [1.54, 1.807) is 9.36 Å². The van der Waals surface area contributed by atoms with E-state index < -0.39 is 5.41 Å². The van der Waals surface area contributed by atoms with Crippen molar-refractivity contribution in [2.75, 3.05) is 5.75 Å². The van der Waals surface area contributed by atoms with Crippen molar-refractivity contribution in [2.24, 2.45) is 12.5 Å². The summed E-state index contributed by atoms with van der Waals surface area (Å²) in [6.45, 7) is 7.46. The van der Waals surface area contributed by atoms with Gasteiger partial charge in [0.15, 0.2) is 5.69 Å². The molecular formula is C18H22N6O2S. The third kappa shape index (κ3) is 3.59. The summed E-state index contributed by atoms with van der Waals surface area (Å²) in [6.07, 6.45) is 0. The summed E-state index contributed by atoms with van der Waals surface area (Å²) in [5.74, 6) is 0.330. The Morgan fingerprint density at radius 2 is 1.85 bits per heavy atom. The quantitative estimate of drug-likeness (QED) is 0.625. The molecule has 0 amide bonds. The van der Waals surface area contributed by atoms with Crippen LogP contribution in [0.15, 0.2) is 40.3 Å².